The van der Waals surface area contributed by atoms with Crippen LogP contribution in [0.4, 0.5) is 4.39 Å². The molecule has 0 saturated heterocycles. The zero-order valence-corrected chi connectivity index (χ0v) is 21.6. The first-order valence-electron chi connectivity index (χ1n) is 14.0. The quantitative estimate of drug-likeness (QED) is 0.275. The van der Waals surface area contributed by atoms with Gasteiger partial charge in [0.05, 0.1) is 0 Å². The lowest BCUT2D eigenvalue weighted by atomic mass is 9.79. The second kappa shape index (κ2) is 12.7. The van der Waals surface area contributed by atoms with Gasteiger partial charge in [-0.25, -0.2) is 4.39 Å². The maximum absolute atomic E-state index is 13.6. The molecule has 0 aliphatic heterocycles. The lowest BCUT2D eigenvalue weighted by Crippen LogP contribution is -2.24. The number of ketones is 1. The van der Waals surface area contributed by atoms with Crippen molar-refractivity contribution in [2.75, 3.05) is 0 Å². The largest absolute Gasteiger partial charge is 0.299 e. The number of hydrogen-bond donors (Lipinski definition) is 0. The van der Waals surface area contributed by atoms with Crippen molar-refractivity contribution in [1.82, 2.24) is 0 Å². The van der Waals surface area contributed by atoms with Crippen molar-refractivity contribution < 1.29 is 9.18 Å². The second-order valence-corrected chi connectivity index (χ2v) is 11.3. The van der Waals surface area contributed by atoms with Crippen molar-refractivity contribution in [1.29, 1.82) is 0 Å². The Kier molecular flexibility index (Phi) is 9.35. The van der Waals surface area contributed by atoms with E-state index in [2.05, 4.69) is 37.8 Å². The lowest BCUT2D eigenvalue weighted by Gasteiger charge is -2.25. The van der Waals surface area contributed by atoms with Crippen molar-refractivity contribution in [2.45, 2.75) is 89.9 Å². The Morgan fingerprint density at radius 1 is 0.857 bits per heavy atom. The van der Waals surface area contributed by atoms with Crippen LogP contribution < -0.4 is 0 Å². The molecule has 2 aliphatic carbocycles. The average Bonchev–Trinajstić information content (AvgIpc) is 3.25. The molecule has 0 aromatic heterocycles. The maximum Gasteiger partial charge on any atom is 0.139 e. The van der Waals surface area contributed by atoms with Gasteiger partial charge in [-0.05, 0) is 87.0 Å². The summed E-state index contributed by atoms with van der Waals surface area (Å²) in [5.74, 6) is 2.42. The van der Waals surface area contributed by atoms with Crippen molar-refractivity contribution >= 4 is 5.78 Å². The summed E-state index contributed by atoms with van der Waals surface area (Å²) in [6.45, 7) is 6.06. The fourth-order valence-corrected chi connectivity index (χ4v) is 6.69. The molecule has 35 heavy (non-hydrogen) atoms. The van der Waals surface area contributed by atoms with Gasteiger partial charge in [0.2, 0.25) is 0 Å². The SMILES string of the molecule is C=CCC1CCCC[C@@H](C(=O)C2CCCC(CC(c3ccc(C)cc3)c3ccc(F)cc3)CC2)C1. The van der Waals surface area contributed by atoms with E-state index in [0.717, 1.165) is 51.4 Å². The third-order valence-corrected chi connectivity index (χ3v) is 8.75. The number of carbonyl (C=O) groups excluding carboxylic acids is 1. The Balaban J connectivity index is 1.42. The highest BCUT2D eigenvalue weighted by Crippen LogP contribution is 2.40. The van der Waals surface area contributed by atoms with Gasteiger partial charge < -0.3 is 0 Å². The van der Waals surface area contributed by atoms with Crippen molar-refractivity contribution in [3.8, 4) is 0 Å². The number of rotatable bonds is 8. The number of aryl methyl sites for hydroxylation is 1. The molecular weight excluding hydrogens is 431 g/mol. The Morgan fingerprint density at radius 3 is 2.20 bits per heavy atom. The van der Waals surface area contributed by atoms with Crippen molar-refractivity contribution in [2.24, 2.45) is 23.7 Å². The smallest absolute Gasteiger partial charge is 0.139 e. The van der Waals surface area contributed by atoms with Crippen molar-refractivity contribution in [3.63, 3.8) is 0 Å². The van der Waals surface area contributed by atoms with E-state index in [0.29, 0.717) is 17.6 Å². The first-order valence-corrected chi connectivity index (χ1v) is 14.0. The maximum atomic E-state index is 13.6. The number of hydrogen-bond acceptors (Lipinski definition) is 1. The molecule has 2 aliphatic rings. The van der Waals surface area contributed by atoms with Crippen LogP contribution in [0.5, 0.6) is 0 Å². The van der Waals surface area contributed by atoms with E-state index >= 15 is 0 Å². The monoisotopic (exact) mass is 474 g/mol. The summed E-state index contributed by atoms with van der Waals surface area (Å²) >= 11 is 0. The molecule has 4 rings (SSSR count). The molecule has 188 valence electrons. The summed E-state index contributed by atoms with van der Waals surface area (Å²) in [5, 5.41) is 0. The van der Waals surface area contributed by atoms with E-state index in [-0.39, 0.29) is 23.6 Å². The van der Waals surface area contributed by atoms with E-state index < -0.39 is 0 Å². The van der Waals surface area contributed by atoms with Crippen LogP contribution in [0.2, 0.25) is 0 Å². The first-order chi connectivity index (χ1) is 17.0. The molecule has 2 saturated carbocycles. The molecular formula is C33H43FO. The van der Waals surface area contributed by atoms with Gasteiger partial charge in [-0.3, -0.25) is 4.79 Å². The highest BCUT2D eigenvalue weighted by atomic mass is 19.1. The summed E-state index contributed by atoms with van der Waals surface area (Å²) in [6, 6.07) is 15.9. The van der Waals surface area contributed by atoms with Gasteiger partial charge in [-0.2, -0.15) is 0 Å². The molecule has 0 radical (unpaired) electrons. The standard InChI is InChI=1S/C33H43FO/c1-3-7-25-8-4-5-10-30(22-25)33(35)29-11-6-9-26(14-17-29)23-32(27-15-12-24(2)13-16-27)28-18-20-31(34)21-19-28/h3,12-13,15-16,18-21,25-26,29-30,32H,1,4-11,14,17,22-23H2,2H3/t25?,26?,29?,30-,32?/m1/s1. The molecule has 0 N–H and O–H groups in total. The highest BCUT2D eigenvalue weighted by Gasteiger charge is 2.32. The molecule has 2 fully saturated rings. The van der Waals surface area contributed by atoms with Crippen LogP contribution in [-0.4, -0.2) is 5.78 Å². The minimum absolute atomic E-state index is 0.180. The summed E-state index contributed by atoms with van der Waals surface area (Å²) in [6.07, 6.45) is 15.6. The van der Waals surface area contributed by atoms with Crippen LogP contribution >= 0.6 is 0 Å². The summed E-state index contributed by atoms with van der Waals surface area (Å²) in [4.78, 5) is 13.6. The summed E-state index contributed by atoms with van der Waals surface area (Å²) in [5.41, 5.74) is 3.76. The number of halogens is 1. The van der Waals surface area contributed by atoms with Gasteiger partial charge in [0.1, 0.15) is 11.6 Å². The predicted octanol–water partition coefficient (Wildman–Crippen LogP) is 9.19. The van der Waals surface area contributed by atoms with Crippen LogP contribution in [0.3, 0.4) is 0 Å². The molecule has 4 unspecified atom stereocenters. The summed E-state index contributed by atoms with van der Waals surface area (Å²) < 4.78 is 13.6. The van der Waals surface area contributed by atoms with Gasteiger partial charge in [0.15, 0.2) is 0 Å². The first kappa shape index (κ1) is 25.9. The van der Waals surface area contributed by atoms with Crippen LogP contribution in [-0.2, 0) is 4.79 Å². The Hall–Kier alpha value is -2.22. The minimum Gasteiger partial charge on any atom is -0.299 e. The molecule has 0 bridgehead atoms. The lowest BCUT2D eigenvalue weighted by molar-refractivity contribution is -0.127. The number of Topliss-reactive ketones (excluding diaryl/α,β-unsaturated/α-hetero) is 1. The molecule has 1 nitrogen and oxygen atoms in total. The van der Waals surface area contributed by atoms with Gasteiger partial charge in [-0.1, -0.05) is 80.1 Å². The molecule has 0 spiro atoms. The average molecular weight is 475 g/mol. The predicted molar refractivity (Wildman–Crippen MR) is 144 cm³/mol. The van der Waals surface area contributed by atoms with Crippen LogP contribution in [0.15, 0.2) is 61.2 Å². The van der Waals surface area contributed by atoms with E-state index in [4.69, 9.17) is 0 Å². The molecule has 0 heterocycles. The minimum atomic E-state index is -0.180. The third-order valence-electron chi connectivity index (χ3n) is 8.75. The van der Waals surface area contributed by atoms with Crippen molar-refractivity contribution in [3.05, 3.63) is 83.7 Å². The zero-order valence-electron chi connectivity index (χ0n) is 21.6. The Morgan fingerprint density at radius 2 is 1.49 bits per heavy atom. The topological polar surface area (TPSA) is 17.1 Å². The molecule has 0 amide bonds. The molecule has 2 aromatic carbocycles. The van der Waals surface area contributed by atoms with Crippen LogP contribution in [0, 0.1) is 36.4 Å². The number of carbonyl (C=O) groups is 1. The Bertz CT molecular complexity index is 899. The van der Waals surface area contributed by atoms with Crippen LogP contribution in [0.25, 0.3) is 0 Å². The van der Waals surface area contributed by atoms with E-state index in [1.165, 1.54) is 42.4 Å². The molecule has 2 aromatic rings. The van der Waals surface area contributed by atoms with E-state index in [1.54, 1.807) is 12.1 Å². The number of benzene rings is 2. The third kappa shape index (κ3) is 7.15. The Labute approximate surface area is 212 Å². The zero-order chi connectivity index (χ0) is 24.6. The van der Waals surface area contributed by atoms with E-state index in [9.17, 15) is 9.18 Å². The van der Waals surface area contributed by atoms with Crippen LogP contribution in [0.1, 0.15) is 99.7 Å². The fraction of sp³-hybridized carbons (Fsp3) is 0.545. The van der Waals surface area contributed by atoms with Gasteiger partial charge in [0, 0.05) is 17.8 Å². The number of allylic oxidation sites excluding steroid dienone is 1. The molecule has 2 heteroatoms. The highest BCUT2D eigenvalue weighted by molar-refractivity contribution is 5.83. The van der Waals surface area contributed by atoms with Gasteiger partial charge in [-0.15, -0.1) is 6.58 Å². The van der Waals surface area contributed by atoms with Gasteiger partial charge >= 0.3 is 0 Å². The second-order valence-electron chi connectivity index (χ2n) is 11.3. The normalized spacial score (nSPS) is 26.3. The fourth-order valence-electron chi connectivity index (χ4n) is 6.69. The molecule has 5 atom stereocenters. The van der Waals surface area contributed by atoms with Gasteiger partial charge in [0.25, 0.3) is 0 Å². The van der Waals surface area contributed by atoms with E-state index in [1.807, 2.05) is 18.2 Å². The summed E-state index contributed by atoms with van der Waals surface area (Å²) in [7, 11) is 0.